The van der Waals surface area contributed by atoms with Crippen molar-refractivity contribution in [2.45, 2.75) is 18.1 Å². The lowest BCUT2D eigenvalue weighted by atomic mass is 10.2. The highest BCUT2D eigenvalue weighted by molar-refractivity contribution is 7.99. The van der Waals surface area contributed by atoms with Gasteiger partial charge in [0.05, 0.1) is 19.4 Å². The Morgan fingerprint density at radius 3 is 2.91 bits per heavy atom. The van der Waals surface area contributed by atoms with Crippen LogP contribution in [-0.2, 0) is 24.8 Å². The van der Waals surface area contributed by atoms with Crippen molar-refractivity contribution >= 4 is 23.4 Å². The highest BCUT2D eigenvalue weighted by Gasteiger charge is 2.24. The van der Waals surface area contributed by atoms with Gasteiger partial charge in [0.15, 0.2) is 18.1 Å². The Bertz CT molecular complexity index is 1070. The molecule has 2 heterocycles. The van der Waals surface area contributed by atoms with Crippen molar-refractivity contribution in [3.63, 3.8) is 0 Å². The summed E-state index contributed by atoms with van der Waals surface area (Å²) in [6, 6.07) is 13.8. The molecule has 4 rings (SSSR count). The zero-order valence-corrected chi connectivity index (χ0v) is 19.0. The van der Waals surface area contributed by atoms with Gasteiger partial charge in [-0.05, 0) is 46.7 Å². The van der Waals surface area contributed by atoms with E-state index in [0.29, 0.717) is 18.0 Å². The van der Waals surface area contributed by atoms with Crippen molar-refractivity contribution in [1.82, 2.24) is 20.2 Å². The number of carbonyl (C=O) groups excluding carboxylic acids is 1. The third-order valence-corrected chi connectivity index (χ3v) is 6.33. The second-order valence-corrected chi connectivity index (χ2v) is 8.48. The highest BCUT2D eigenvalue weighted by Crippen LogP contribution is 2.30. The summed E-state index contributed by atoms with van der Waals surface area (Å²) in [5.41, 5.74) is 3.30. The van der Waals surface area contributed by atoms with Crippen LogP contribution < -0.4 is 19.7 Å². The Hall–Kier alpha value is -3.11. The van der Waals surface area contributed by atoms with Gasteiger partial charge in [-0.1, -0.05) is 30.0 Å². The number of thioether (sulfide) groups is 1. The molecule has 0 unspecified atom stereocenters. The number of carbonyl (C=O) groups is 1. The number of hydrogen-bond acceptors (Lipinski definition) is 7. The number of tetrazole rings is 1. The van der Waals surface area contributed by atoms with Gasteiger partial charge < -0.3 is 19.7 Å². The van der Waals surface area contributed by atoms with Gasteiger partial charge in [0.1, 0.15) is 6.54 Å². The van der Waals surface area contributed by atoms with E-state index in [4.69, 9.17) is 9.47 Å². The number of nitrogens with two attached hydrogens (primary N) is 1. The van der Waals surface area contributed by atoms with Crippen molar-refractivity contribution in [2.24, 2.45) is 7.05 Å². The zero-order chi connectivity index (χ0) is 22.3. The van der Waals surface area contributed by atoms with Gasteiger partial charge in [0.25, 0.3) is 5.91 Å². The number of hydrogen-bond donors (Lipinski definition) is 1. The summed E-state index contributed by atoms with van der Waals surface area (Å²) in [5.74, 6) is 2.06. The van der Waals surface area contributed by atoms with Gasteiger partial charge in [-0.25, -0.2) is 4.68 Å². The summed E-state index contributed by atoms with van der Waals surface area (Å²) in [7, 11) is 3.44. The van der Waals surface area contributed by atoms with Crippen LogP contribution in [0.4, 0.5) is 5.69 Å². The lowest BCUT2D eigenvalue weighted by Crippen LogP contribution is -2.83. The highest BCUT2D eigenvalue weighted by atomic mass is 32.2. The molecule has 0 radical (unpaired) electrons. The predicted molar refractivity (Wildman–Crippen MR) is 121 cm³/mol. The molecule has 2 aromatic carbocycles. The van der Waals surface area contributed by atoms with E-state index in [1.807, 2.05) is 43.4 Å². The predicted octanol–water partition coefficient (Wildman–Crippen LogP) is 1.04. The Balaban J connectivity index is 1.26. The zero-order valence-electron chi connectivity index (χ0n) is 18.2. The Kier molecular flexibility index (Phi) is 7.23. The third kappa shape index (κ3) is 5.20. The SMILES string of the molecule is COc1cc(C[NH2+]CCSc2nnnn2C)ccc1OCC(=O)N1CCc2ccccc21. The van der Waals surface area contributed by atoms with Crippen LogP contribution in [0.1, 0.15) is 11.1 Å². The number of aryl methyl sites for hydroxylation is 1. The van der Waals surface area contributed by atoms with E-state index < -0.39 is 0 Å². The maximum Gasteiger partial charge on any atom is 0.264 e. The first-order chi connectivity index (χ1) is 15.7. The number of nitrogens with zero attached hydrogens (tertiary/aromatic N) is 5. The number of ether oxygens (including phenoxy) is 2. The molecule has 1 amide bonds. The molecule has 0 saturated heterocycles. The fraction of sp³-hybridized carbons (Fsp3) is 0.364. The van der Waals surface area contributed by atoms with E-state index in [0.717, 1.165) is 41.7 Å². The summed E-state index contributed by atoms with van der Waals surface area (Å²) >= 11 is 1.63. The van der Waals surface area contributed by atoms with Crippen LogP contribution in [0.2, 0.25) is 0 Å². The fourth-order valence-electron chi connectivity index (χ4n) is 3.62. The maximum absolute atomic E-state index is 12.7. The van der Waals surface area contributed by atoms with Crippen molar-refractivity contribution < 1.29 is 19.6 Å². The van der Waals surface area contributed by atoms with Gasteiger partial charge in [0.2, 0.25) is 5.16 Å². The summed E-state index contributed by atoms with van der Waals surface area (Å²) in [4.78, 5) is 14.5. The molecule has 3 aromatic rings. The van der Waals surface area contributed by atoms with Crippen LogP contribution in [0.3, 0.4) is 0 Å². The second-order valence-electron chi connectivity index (χ2n) is 7.41. The standard InChI is InChI=1S/C22H26N6O3S/c1-27-22(24-25-26-27)32-12-10-23-14-16-7-8-19(20(13-16)30-2)31-15-21(29)28-11-9-17-5-3-4-6-18(17)28/h3-8,13,23H,9-12,14-15H2,1-2H3/p+1. The quantitative estimate of drug-likeness (QED) is 0.360. The van der Waals surface area contributed by atoms with Crippen molar-refractivity contribution in [2.75, 3.05) is 37.5 Å². The molecule has 0 atom stereocenters. The van der Waals surface area contributed by atoms with Crippen LogP contribution in [0, 0.1) is 0 Å². The number of para-hydroxylation sites is 1. The van der Waals surface area contributed by atoms with Gasteiger partial charge in [0, 0.05) is 24.8 Å². The molecule has 2 N–H and O–H groups in total. The third-order valence-electron chi connectivity index (χ3n) is 5.28. The Morgan fingerprint density at radius 1 is 1.22 bits per heavy atom. The number of methoxy groups -OCH3 is 1. The molecule has 10 heteroatoms. The average Bonchev–Trinajstić information content (AvgIpc) is 3.43. The minimum absolute atomic E-state index is 0.0235. The first-order valence-corrected chi connectivity index (χ1v) is 11.5. The van der Waals surface area contributed by atoms with Crippen molar-refractivity contribution in [3.8, 4) is 11.5 Å². The maximum atomic E-state index is 12.7. The normalized spacial score (nSPS) is 12.6. The summed E-state index contributed by atoms with van der Waals surface area (Å²) in [6.45, 7) is 2.42. The molecule has 0 aliphatic carbocycles. The summed E-state index contributed by atoms with van der Waals surface area (Å²) < 4.78 is 13.0. The number of anilines is 1. The molecule has 9 nitrogen and oxygen atoms in total. The minimum atomic E-state index is -0.0509. The van der Waals surface area contributed by atoms with Crippen LogP contribution in [-0.4, -0.2) is 58.7 Å². The van der Waals surface area contributed by atoms with E-state index >= 15 is 0 Å². The monoisotopic (exact) mass is 455 g/mol. The summed E-state index contributed by atoms with van der Waals surface area (Å²) in [6.07, 6.45) is 0.879. The van der Waals surface area contributed by atoms with Crippen LogP contribution in [0.25, 0.3) is 0 Å². The van der Waals surface area contributed by atoms with E-state index in [1.54, 1.807) is 28.5 Å². The van der Waals surface area contributed by atoms with E-state index in [1.165, 1.54) is 5.56 Å². The molecule has 168 valence electrons. The van der Waals surface area contributed by atoms with Crippen LogP contribution in [0.5, 0.6) is 11.5 Å². The molecule has 1 aliphatic rings. The van der Waals surface area contributed by atoms with Gasteiger partial charge in [-0.2, -0.15) is 0 Å². The van der Waals surface area contributed by atoms with Gasteiger partial charge >= 0.3 is 0 Å². The topological polar surface area (TPSA) is 99.0 Å². The molecule has 0 fully saturated rings. The molecule has 1 aliphatic heterocycles. The number of fused-ring (bicyclic) bond motifs is 1. The molecule has 1 aromatic heterocycles. The second kappa shape index (κ2) is 10.5. The fourth-order valence-corrected chi connectivity index (χ4v) is 4.40. The first-order valence-electron chi connectivity index (χ1n) is 10.5. The number of benzene rings is 2. The van der Waals surface area contributed by atoms with E-state index in [9.17, 15) is 4.79 Å². The molecule has 0 bridgehead atoms. The Labute approximate surface area is 191 Å². The summed E-state index contributed by atoms with van der Waals surface area (Å²) in [5, 5.41) is 14.5. The lowest BCUT2D eigenvalue weighted by Gasteiger charge is -2.18. The molecular weight excluding hydrogens is 428 g/mol. The van der Waals surface area contributed by atoms with Gasteiger partial charge in [-0.15, -0.1) is 5.10 Å². The lowest BCUT2D eigenvalue weighted by molar-refractivity contribution is -0.666. The number of rotatable bonds is 10. The largest absolute Gasteiger partial charge is 0.493 e. The Morgan fingerprint density at radius 2 is 2.09 bits per heavy atom. The van der Waals surface area contributed by atoms with E-state index in [-0.39, 0.29) is 12.5 Å². The van der Waals surface area contributed by atoms with Crippen LogP contribution in [0.15, 0.2) is 47.6 Å². The van der Waals surface area contributed by atoms with Crippen molar-refractivity contribution in [1.29, 1.82) is 0 Å². The first kappa shape index (κ1) is 22.1. The van der Waals surface area contributed by atoms with Gasteiger partial charge in [-0.3, -0.25) is 4.79 Å². The molecule has 0 spiro atoms. The van der Waals surface area contributed by atoms with Crippen molar-refractivity contribution in [3.05, 3.63) is 53.6 Å². The number of amides is 1. The number of aromatic nitrogens is 4. The van der Waals surface area contributed by atoms with E-state index in [2.05, 4.69) is 26.9 Å². The average molecular weight is 456 g/mol. The minimum Gasteiger partial charge on any atom is -0.493 e. The molecular formula is C22H27N6O3S+. The van der Waals surface area contributed by atoms with Crippen LogP contribution >= 0.6 is 11.8 Å². The number of quaternary nitrogens is 1. The molecule has 32 heavy (non-hydrogen) atoms. The smallest absolute Gasteiger partial charge is 0.264 e. The molecule has 0 saturated carbocycles.